The van der Waals surface area contributed by atoms with Gasteiger partial charge in [-0.3, -0.25) is 15.0 Å². The van der Waals surface area contributed by atoms with Gasteiger partial charge in [0.25, 0.3) is 5.91 Å². The second-order valence-corrected chi connectivity index (χ2v) is 10.3. The third-order valence-corrected chi connectivity index (χ3v) is 6.63. The Labute approximate surface area is 197 Å². The van der Waals surface area contributed by atoms with E-state index in [1.54, 1.807) is 18.7 Å². The highest BCUT2D eigenvalue weighted by molar-refractivity contribution is 6.05. The molecule has 184 valence electrons. The van der Waals surface area contributed by atoms with Gasteiger partial charge in [0.1, 0.15) is 17.6 Å². The largest absolute Gasteiger partial charge is 0.493 e. The summed E-state index contributed by atoms with van der Waals surface area (Å²) in [5.74, 6) is 0.488. The van der Waals surface area contributed by atoms with E-state index in [0.29, 0.717) is 31.2 Å². The molecule has 0 aromatic heterocycles. The summed E-state index contributed by atoms with van der Waals surface area (Å²) in [5, 5.41) is 23.4. The zero-order valence-corrected chi connectivity index (χ0v) is 20.1. The first kappa shape index (κ1) is 25.3. The van der Waals surface area contributed by atoms with Gasteiger partial charge in [-0.1, -0.05) is 32.1 Å². The van der Waals surface area contributed by atoms with E-state index < -0.39 is 11.6 Å². The van der Waals surface area contributed by atoms with Crippen LogP contribution < -0.4 is 10.6 Å². The number of ether oxygens (including phenoxy) is 1. The first-order valence-corrected chi connectivity index (χ1v) is 12.4. The quantitative estimate of drug-likeness (QED) is 0.296. The Hall–Kier alpha value is -2.35. The molecule has 1 atom stereocenters. The predicted molar refractivity (Wildman–Crippen MR) is 127 cm³/mol. The van der Waals surface area contributed by atoms with Crippen LogP contribution in [-0.2, 0) is 14.3 Å². The van der Waals surface area contributed by atoms with Crippen molar-refractivity contribution in [2.24, 2.45) is 5.92 Å². The van der Waals surface area contributed by atoms with Crippen molar-refractivity contribution in [1.82, 2.24) is 15.5 Å². The van der Waals surface area contributed by atoms with E-state index in [4.69, 9.17) is 10.1 Å². The molecule has 0 bridgehead atoms. The van der Waals surface area contributed by atoms with Crippen molar-refractivity contribution in [3.05, 3.63) is 24.1 Å². The molecule has 3 aliphatic rings. The first-order chi connectivity index (χ1) is 15.7. The molecular formula is C25H40N4O4. The van der Waals surface area contributed by atoms with Crippen molar-refractivity contribution < 1.29 is 19.4 Å². The maximum absolute atomic E-state index is 13.2. The highest BCUT2D eigenvalue weighted by Gasteiger charge is 2.37. The number of hydrogen-bond acceptors (Lipinski definition) is 6. The van der Waals surface area contributed by atoms with E-state index in [-0.39, 0.29) is 23.8 Å². The Morgan fingerprint density at radius 3 is 2.58 bits per heavy atom. The Morgan fingerprint density at radius 1 is 1.24 bits per heavy atom. The monoisotopic (exact) mass is 460 g/mol. The van der Waals surface area contributed by atoms with Gasteiger partial charge in [-0.25, -0.2) is 0 Å². The fourth-order valence-corrected chi connectivity index (χ4v) is 4.89. The molecule has 1 aliphatic heterocycles. The van der Waals surface area contributed by atoms with E-state index in [2.05, 4.69) is 10.6 Å². The average Bonchev–Trinajstić information content (AvgIpc) is 3.39. The van der Waals surface area contributed by atoms with Gasteiger partial charge in [0.05, 0.1) is 18.2 Å². The number of hydrogen-bond donors (Lipinski definition) is 4. The van der Waals surface area contributed by atoms with Crippen molar-refractivity contribution in [2.45, 2.75) is 95.8 Å². The van der Waals surface area contributed by atoms with Gasteiger partial charge in [-0.2, -0.15) is 0 Å². The predicted octanol–water partition coefficient (Wildman–Crippen LogP) is 2.98. The molecule has 8 nitrogen and oxygen atoms in total. The molecule has 2 amide bonds. The Kier molecular flexibility index (Phi) is 8.95. The number of aliphatic hydroxyl groups is 1. The van der Waals surface area contributed by atoms with Gasteiger partial charge >= 0.3 is 0 Å². The van der Waals surface area contributed by atoms with Crippen LogP contribution in [-0.4, -0.2) is 58.5 Å². The van der Waals surface area contributed by atoms with Crippen LogP contribution >= 0.6 is 0 Å². The molecule has 0 spiro atoms. The summed E-state index contributed by atoms with van der Waals surface area (Å²) >= 11 is 0. The number of rotatable bonds is 10. The van der Waals surface area contributed by atoms with Crippen molar-refractivity contribution in [1.29, 1.82) is 5.41 Å². The van der Waals surface area contributed by atoms with Crippen LogP contribution in [0.5, 0.6) is 0 Å². The highest BCUT2D eigenvalue weighted by Crippen LogP contribution is 2.32. The molecule has 2 fully saturated rings. The zero-order chi connectivity index (χ0) is 23.8. The van der Waals surface area contributed by atoms with Gasteiger partial charge in [0, 0.05) is 18.8 Å². The second kappa shape index (κ2) is 11.7. The fraction of sp³-hybridized carbons (Fsp3) is 0.720. The Morgan fingerprint density at radius 2 is 1.91 bits per heavy atom. The molecule has 4 N–H and O–H groups in total. The van der Waals surface area contributed by atoms with E-state index in [9.17, 15) is 14.7 Å². The SMILES string of the molecule is CC(C)(O)CN/C=C\C(=N)NC(=O)[C@H](CC1CCCC1)N1CC(OC2CCCCC2)=CC1=O. The molecule has 1 heterocycles. The smallest absolute Gasteiger partial charge is 0.251 e. The van der Waals surface area contributed by atoms with Crippen LogP contribution in [0.4, 0.5) is 0 Å². The molecule has 0 unspecified atom stereocenters. The summed E-state index contributed by atoms with van der Waals surface area (Å²) in [6, 6.07) is -0.623. The number of nitrogens with zero attached hydrogens (tertiary/aromatic N) is 1. The lowest BCUT2D eigenvalue weighted by Gasteiger charge is -2.30. The lowest BCUT2D eigenvalue weighted by molar-refractivity contribution is -0.135. The summed E-state index contributed by atoms with van der Waals surface area (Å²) in [7, 11) is 0. The number of amides is 2. The molecule has 8 heteroatoms. The average molecular weight is 461 g/mol. The summed E-state index contributed by atoms with van der Waals surface area (Å²) in [4.78, 5) is 27.6. The standard InChI is InChI=1S/C25H40N4O4/c1-25(2,32)17-27-13-12-22(26)28-24(31)21(14-18-8-6-7-9-18)29-16-20(15-23(29)30)33-19-10-4-3-5-11-19/h12-13,15,18-19,21,27,32H,3-11,14,16-17H2,1-2H3,(H2,26,28,31)/b13-12-/t21-/m0/s1. The van der Waals surface area contributed by atoms with Crippen molar-refractivity contribution in [2.75, 3.05) is 13.1 Å². The molecule has 2 saturated carbocycles. The summed E-state index contributed by atoms with van der Waals surface area (Å²) < 4.78 is 6.11. The van der Waals surface area contributed by atoms with Gasteiger partial charge in [0.2, 0.25) is 5.91 Å². The van der Waals surface area contributed by atoms with E-state index in [0.717, 1.165) is 51.4 Å². The Bertz CT molecular complexity index is 759. The molecule has 0 radical (unpaired) electrons. The molecular weight excluding hydrogens is 420 g/mol. The van der Waals surface area contributed by atoms with E-state index in [1.165, 1.54) is 24.8 Å². The first-order valence-electron chi connectivity index (χ1n) is 12.4. The minimum atomic E-state index is -0.872. The number of nitrogens with one attached hydrogen (secondary N) is 3. The maximum atomic E-state index is 13.2. The van der Waals surface area contributed by atoms with Crippen LogP contribution in [0, 0.1) is 11.3 Å². The van der Waals surface area contributed by atoms with Crippen LogP contribution in [0.2, 0.25) is 0 Å². The van der Waals surface area contributed by atoms with Gasteiger partial charge in [-0.15, -0.1) is 0 Å². The van der Waals surface area contributed by atoms with Crippen LogP contribution in [0.3, 0.4) is 0 Å². The van der Waals surface area contributed by atoms with Gasteiger partial charge in [-0.05, 0) is 57.9 Å². The van der Waals surface area contributed by atoms with E-state index in [1.807, 2.05) is 0 Å². The van der Waals surface area contributed by atoms with Crippen LogP contribution in [0.15, 0.2) is 24.1 Å². The third-order valence-electron chi connectivity index (χ3n) is 6.63. The molecule has 0 aromatic carbocycles. The zero-order valence-electron chi connectivity index (χ0n) is 20.1. The molecule has 0 saturated heterocycles. The van der Waals surface area contributed by atoms with Crippen molar-refractivity contribution in [3.8, 4) is 0 Å². The fourth-order valence-electron chi connectivity index (χ4n) is 4.89. The Balaban J connectivity index is 1.59. The molecule has 2 aliphatic carbocycles. The highest BCUT2D eigenvalue weighted by atomic mass is 16.5. The normalized spacial score (nSPS) is 21.4. The molecule has 33 heavy (non-hydrogen) atoms. The third kappa shape index (κ3) is 8.18. The number of carbonyl (C=O) groups excluding carboxylic acids is 2. The van der Waals surface area contributed by atoms with Crippen molar-refractivity contribution in [3.63, 3.8) is 0 Å². The van der Waals surface area contributed by atoms with Crippen LogP contribution in [0.1, 0.15) is 78.1 Å². The lowest BCUT2D eigenvalue weighted by Crippen LogP contribution is -2.50. The van der Waals surface area contributed by atoms with Gasteiger partial charge < -0.3 is 25.4 Å². The lowest BCUT2D eigenvalue weighted by atomic mass is 9.96. The second-order valence-electron chi connectivity index (χ2n) is 10.3. The summed E-state index contributed by atoms with van der Waals surface area (Å²) in [5.41, 5.74) is -0.872. The van der Waals surface area contributed by atoms with Gasteiger partial charge in [0.15, 0.2) is 0 Å². The number of carbonyl (C=O) groups is 2. The maximum Gasteiger partial charge on any atom is 0.251 e. The minimum absolute atomic E-state index is 0.0575. The molecule has 0 aromatic rings. The van der Waals surface area contributed by atoms with Crippen molar-refractivity contribution >= 4 is 17.6 Å². The summed E-state index contributed by atoms with van der Waals surface area (Å²) in [6.45, 7) is 4.01. The molecule has 3 rings (SSSR count). The number of amidine groups is 1. The topological polar surface area (TPSA) is 115 Å². The van der Waals surface area contributed by atoms with Crippen LogP contribution in [0.25, 0.3) is 0 Å². The van der Waals surface area contributed by atoms with E-state index >= 15 is 0 Å². The minimum Gasteiger partial charge on any atom is -0.493 e. The summed E-state index contributed by atoms with van der Waals surface area (Å²) in [6.07, 6.45) is 15.3.